The van der Waals surface area contributed by atoms with Crippen molar-refractivity contribution >= 4 is 31.6 Å². The number of amides is 1. The first-order valence-electron chi connectivity index (χ1n) is 9.78. The highest BCUT2D eigenvalue weighted by molar-refractivity contribution is 7.89. The third kappa shape index (κ3) is 6.04. The second-order valence-corrected chi connectivity index (χ2v) is 10.8. The summed E-state index contributed by atoms with van der Waals surface area (Å²) in [5, 5.41) is 19.0. The maximum atomic E-state index is 12.6. The molecule has 1 amide bonds. The number of nitro benzene ring substituents is 1. The lowest BCUT2D eigenvalue weighted by Gasteiger charge is -2.16. The predicted molar refractivity (Wildman–Crippen MR) is 116 cm³/mol. The maximum absolute atomic E-state index is 12.6. The number of carbonyl (C=O) groups is 1. The van der Waals surface area contributed by atoms with Crippen LogP contribution in [-0.4, -0.2) is 51.7 Å². The summed E-state index contributed by atoms with van der Waals surface area (Å²) in [6, 6.07) is 8.84. The van der Waals surface area contributed by atoms with E-state index in [0.29, 0.717) is 18.7 Å². The molecule has 3 rings (SSSR count). The van der Waals surface area contributed by atoms with Crippen molar-refractivity contribution in [1.82, 2.24) is 9.62 Å². The Hall–Kier alpha value is -3.07. The van der Waals surface area contributed by atoms with E-state index in [1.165, 1.54) is 34.6 Å². The minimum Gasteiger partial charge on any atom is -0.477 e. The van der Waals surface area contributed by atoms with Gasteiger partial charge >= 0.3 is 5.69 Å². The molecule has 178 valence electrons. The number of primary sulfonamides is 1. The van der Waals surface area contributed by atoms with Crippen molar-refractivity contribution in [3.63, 3.8) is 0 Å². The average molecular weight is 499 g/mol. The molecule has 0 aromatic heterocycles. The van der Waals surface area contributed by atoms with E-state index in [1.54, 1.807) is 0 Å². The molecule has 0 saturated carbocycles. The number of hydrogen-bond acceptors (Lipinski definition) is 8. The van der Waals surface area contributed by atoms with E-state index in [1.807, 2.05) is 0 Å². The maximum Gasteiger partial charge on any atom is 0.312 e. The summed E-state index contributed by atoms with van der Waals surface area (Å²) in [7, 11) is -7.67. The number of rotatable bonds is 9. The van der Waals surface area contributed by atoms with Crippen molar-refractivity contribution in [1.29, 1.82) is 0 Å². The molecule has 33 heavy (non-hydrogen) atoms. The molecule has 1 aliphatic rings. The number of nitrogens with zero attached hydrogens (tertiary/aromatic N) is 2. The fourth-order valence-corrected chi connectivity index (χ4v) is 5.24. The third-order valence-electron chi connectivity index (χ3n) is 4.93. The van der Waals surface area contributed by atoms with Gasteiger partial charge in [-0.05, 0) is 42.7 Å². The van der Waals surface area contributed by atoms with E-state index in [9.17, 15) is 31.7 Å². The molecule has 0 aliphatic carbocycles. The van der Waals surface area contributed by atoms with Crippen LogP contribution in [0.4, 0.5) is 5.69 Å². The molecule has 0 bridgehead atoms. The smallest absolute Gasteiger partial charge is 0.312 e. The summed E-state index contributed by atoms with van der Waals surface area (Å²) < 4.78 is 54.3. The van der Waals surface area contributed by atoms with Crippen LogP contribution >= 0.6 is 0 Å². The molecule has 0 unspecified atom stereocenters. The molecular formula is C19H22N4O8S2. The summed E-state index contributed by atoms with van der Waals surface area (Å²) in [5.74, 6) is -0.832. The number of nitro groups is 1. The summed E-state index contributed by atoms with van der Waals surface area (Å²) >= 11 is 0. The van der Waals surface area contributed by atoms with Crippen molar-refractivity contribution in [3.8, 4) is 5.75 Å². The van der Waals surface area contributed by atoms with Crippen LogP contribution in [0, 0.1) is 10.1 Å². The molecule has 3 N–H and O–H groups in total. The highest BCUT2D eigenvalue weighted by Crippen LogP contribution is 2.31. The van der Waals surface area contributed by atoms with Gasteiger partial charge in [0, 0.05) is 25.7 Å². The van der Waals surface area contributed by atoms with Gasteiger partial charge in [-0.15, -0.1) is 0 Å². The highest BCUT2D eigenvalue weighted by Gasteiger charge is 2.30. The zero-order valence-electron chi connectivity index (χ0n) is 17.3. The Morgan fingerprint density at radius 3 is 2.24 bits per heavy atom. The summed E-state index contributed by atoms with van der Waals surface area (Å²) in [4.78, 5) is 22.5. The van der Waals surface area contributed by atoms with Gasteiger partial charge in [-0.2, -0.15) is 4.31 Å². The van der Waals surface area contributed by atoms with Gasteiger partial charge in [0.1, 0.15) is 0 Å². The Morgan fingerprint density at radius 1 is 1.06 bits per heavy atom. The van der Waals surface area contributed by atoms with Crippen LogP contribution in [0.1, 0.15) is 18.4 Å². The fourth-order valence-electron chi connectivity index (χ4n) is 3.19. The second kappa shape index (κ2) is 9.82. The van der Waals surface area contributed by atoms with Crippen LogP contribution < -0.4 is 15.2 Å². The second-order valence-electron chi connectivity index (χ2n) is 7.25. The molecular weight excluding hydrogens is 476 g/mol. The number of ether oxygens (including phenoxy) is 1. The van der Waals surface area contributed by atoms with Crippen LogP contribution in [0.25, 0.3) is 0 Å². The van der Waals surface area contributed by atoms with E-state index in [0.717, 1.165) is 25.0 Å². The quantitative estimate of drug-likeness (QED) is 0.375. The molecule has 0 atom stereocenters. The van der Waals surface area contributed by atoms with E-state index in [4.69, 9.17) is 9.88 Å². The fraction of sp³-hybridized carbons (Fsp3) is 0.316. The molecule has 2 aromatic rings. The molecule has 14 heteroatoms. The van der Waals surface area contributed by atoms with Gasteiger partial charge in [0.05, 0.1) is 14.7 Å². The summed E-state index contributed by atoms with van der Waals surface area (Å²) in [5.41, 5.74) is 0.0276. The van der Waals surface area contributed by atoms with Gasteiger partial charge in [0.15, 0.2) is 12.4 Å². The van der Waals surface area contributed by atoms with E-state index >= 15 is 0 Å². The van der Waals surface area contributed by atoms with E-state index < -0.39 is 43.2 Å². The first kappa shape index (κ1) is 24.6. The molecule has 1 saturated heterocycles. The third-order valence-corrected chi connectivity index (χ3v) is 7.75. The van der Waals surface area contributed by atoms with Crippen molar-refractivity contribution in [2.75, 3.05) is 19.7 Å². The minimum atomic E-state index is -3.85. The van der Waals surface area contributed by atoms with Gasteiger partial charge in [0.2, 0.25) is 20.0 Å². The summed E-state index contributed by atoms with van der Waals surface area (Å²) in [6.45, 7) is 0.231. The number of nitrogens with two attached hydrogens (primary N) is 1. The lowest BCUT2D eigenvalue weighted by atomic mass is 10.2. The monoisotopic (exact) mass is 498 g/mol. The first-order valence-corrected chi connectivity index (χ1v) is 12.8. The first-order chi connectivity index (χ1) is 15.5. The van der Waals surface area contributed by atoms with E-state index in [2.05, 4.69) is 5.32 Å². The zero-order valence-corrected chi connectivity index (χ0v) is 19.0. The van der Waals surface area contributed by atoms with Crippen molar-refractivity contribution in [2.24, 2.45) is 5.14 Å². The van der Waals surface area contributed by atoms with Crippen molar-refractivity contribution < 1.29 is 31.3 Å². The number of nitrogens with one attached hydrogen (secondary N) is 1. The molecule has 0 spiro atoms. The number of benzene rings is 2. The molecule has 1 aliphatic heterocycles. The van der Waals surface area contributed by atoms with Crippen molar-refractivity contribution in [3.05, 3.63) is 58.1 Å². The number of hydrogen-bond donors (Lipinski definition) is 2. The van der Waals surface area contributed by atoms with Gasteiger partial charge in [0.25, 0.3) is 5.91 Å². The van der Waals surface area contributed by atoms with Crippen molar-refractivity contribution in [2.45, 2.75) is 29.2 Å². The molecule has 1 heterocycles. The van der Waals surface area contributed by atoms with Crippen LogP contribution in [0.5, 0.6) is 5.75 Å². The molecule has 2 aromatic carbocycles. The normalized spacial score (nSPS) is 14.7. The Morgan fingerprint density at radius 2 is 1.67 bits per heavy atom. The van der Waals surface area contributed by atoms with Crippen LogP contribution in [-0.2, 0) is 31.4 Å². The Kier molecular flexibility index (Phi) is 7.31. The average Bonchev–Trinajstić information content (AvgIpc) is 3.31. The van der Waals surface area contributed by atoms with E-state index in [-0.39, 0.29) is 22.1 Å². The SMILES string of the molecule is NS(=O)(=O)c1ccc(CNC(=O)COc2ccc(S(=O)(=O)N3CCCC3)cc2[N+](=O)[O-])cc1. The Labute approximate surface area is 190 Å². The number of carbonyl (C=O) groups excluding carboxylic acids is 1. The highest BCUT2D eigenvalue weighted by atomic mass is 32.2. The standard InChI is InChI=1S/C19H22N4O8S2/c20-32(27,28)15-5-3-14(4-6-15)12-21-19(24)13-31-18-8-7-16(11-17(18)23(25)26)33(29,30)22-9-1-2-10-22/h3-8,11H,1-2,9-10,12-13H2,(H,21,24)(H2,20,27,28). The summed E-state index contributed by atoms with van der Waals surface area (Å²) in [6.07, 6.45) is 1.46. The lowest BCUT2D eigenvalue weighted by molar-refractivity contribution is -0.386. The van der Waals surface area contributed by atoms with Crippen LogP contribution in [0.3, 0.4) is 0 Å². The topological polar surface area (TPSA) is 179 Å². The van der Waals surface area contributed by atoms with Gasteiger partial charge in [-0.1, -0.05) is 12.1 Å². The van der Waals surface area contributed by atoms with Gasteiger partial charge < -0.3 is 10.1 Å². The largest absolute Gasteiger partial charge is 0.477 e. The Bertz CT molecular complexity index is 1260. The number of sulfonamides is 2. The van der Waals surface area contributed by atoms with Gasteiger partial charge in [-0.3, -0.25) is 14.9 Å². The van der Waals surface area contributed by atoms with Crippen LogP contribution in [0.2, 0.25) is 0 Å². The molecule has 1 fully saturated rings. The molecule has 12 nitrogen and oxygen atoms in total. The molecule has 0 radical (unpaired) electrons. The van der Waals surface area contributed by atoms with Gasteiger partial charge in [-0.25, -0.2) is 22.0 Å². The Balaban J connectivity index is 1.63. The van der Waals surface area contributed by atoms with Crippen LogP contribution in [0.15, 0.2) is 52.3 Å². The lowest BCUT2D eigenvalue weighted by Crippen LogP contribution is -2.29. The predicted octanol–water partition coefficient (Wildman–Crippen LogP) is 0.722. The minimum absolute atomic E-state index is 0.0577. The zero-order chi connectivity index (χ0) is 24.2.